The highest BCUT2D eigenvalue weighted by Crippen LogP contribution is 2.45. The first-order valence-electron chi connectivity index (χ1n) is 11.2. The van der Waals surface area contributed by atoms with Crippen molar-refractivity contribution in [1.29, 1.82) is 0 Å². The summed E-state index contributed by atoms with van der Waals surface area (Å²) in [6, 6.07) is -0.0493. The third-order valence-electron chi connectivity index (χ3n) is 5.78. The van der Waals surface area contributed by atoms with Crippen LogP contribution in [0.2, 0.25) is 5.15 Å². The van der Waals surface area contributed by atoms with Gasteiger partial charge in [0.05, 0.1) is 18.6 Å². The molecule has 1 saturated heterocycles. The predicted molar refractivity (Wildman–Crippen MR) is 121 cm³/mol. The fraction of sp³-hybridized carbons (Fsp3) is 0.636. The minimum absolute atomic E-state index is 0.00387. The van der Waals surface area contributed by atoms with E-state index in [-0.39, 0.29) is 35.3 Å². The molecule has 9 nitrogen and oxygen atoms in total. The van der Waals surface area contributed by atoms with Gasteiger partial charge in [-0.1, -0.05) is 11.6 Å². The van der Waals surface area contributed by atoms with Crippen LogP contribution in [0.4, 0.5) is 15.0 Å². The average molecular weight is 482 g/mol. The molecule has 2 aliphatic rings. The Morgan fingerprint density at radius 1 is 1.24 bits per heavy atom. The molecule has 4 rings (SSSR count). The molecular formula is C22H29ClFN5O4. The van der Waals surface area contributed by atoms with Crippen LogP contribution in [0.3, 0.4) is 0 Å². The molecule has 0 atom stereocenters. The van der Waals surface area contributed by atoms with Gasteiger partial charge in [0, 0.05) is 24.7 Å². The summed E-state index contributed by atoms with van der Waals surface area (Å²) in [5, 5.41) is 12.8. The van der Waals surface area contributed by atoms with Crippen molar-refractivity contribution in [1.82, 2.24) is 20.0 Å². The standard InChI is InChI=1S/C22H29ClFN5O4/c1-21(2,3)33-20(31)29-10-6-4-5-9-28(29)18-14-11-25-17(23)15(24)16(14)26-19(27-18)32-13-22(12-30)7-8-22/h11,30H,4-10,12-13H2,1-3H3. The molecule has 2 aromatic rings. The minimum Gasteiger partial charge on any atom is -0.463 e. The van der Waals surface area contributed by atoms with Gasteiger partial charge in [0.1, 0.15) is 11.1 Å². The molecule has 3 heterocycles. The third-order valence-corrected chi connectivity index (χ3v) is 6.04. The van der Waals surface area contributed by atoms with Gasteiger partial charge < -0.3 is 14.6 Å². The van der Waals surface area contributed by atoms with Crippen molar-refractivity contribution in [3.05, 3.63) is 17.2 Å². The molecule has 2 aromatic heterocycles. The number of pyridine rings is 1. The Morgan fingerprint density at radius 3 is 2.64 bits per heavy atom. The number of carbonyl (C=O) groups is 1. The summed E-state index contributed by atoms with van der Waals surface area (Å²) in [6.45, 7) is 6.50. The van der Waals surface area contributed by atoms with E-state index in [0.29, 0.717) is 24.3 Å². The highest BCUT2D eigenvalue weighted by atomic mass is 35.5. The number of hydrogen-bond donors (Lipinski definition) is 1. The van der Waals surface area contributed by atoms with Crippen molar-refractivity contribution in [3.63, 3.8) is 0 Å². The number of aliphatic hydroxyl groups is 1. The molecule has 33 heavy (non-hydrogen) atoms. The van der Waals surface area contributed by atoms with E-state index in [4.69, 9.17) is 21.1 Å². The van der Waals surface area contributed by atoms with Gasteiger partial charge >= 0.3 is 12.1 Å². The van der Waals surface area contributed by atoms with E-state index < -0.39 is 17.5 Å². The molecule has 180 valence electrons. The lowest BCUT2D eigenvalue weighted by Gasteiger charge is -2.35. The third kappa shape index (κ3) is 5.22. The number of nitrogens with zero attached hydrogens (tertiary/aromatic N) is 5. The fourth-order valence-corrected chi connectivity index (χ4v) is 3.81. The quantitative estimate of drug-likeness (QED) is 0.637. The summed E-state index contributed by atoms with van der Waals surface area (Å²) < 4.78 is 26.3. The van der Waals surface area contributed by atoms with Crippen molar-refractivity contribution in [2.45, 2.75) is 58.5 Å². The van der Waals surface area contributed by atoms with E-state index in [2.05, 4.69) is 15.0 Å². The second-order valence-corrected chi connectivity index (χ2v) is 10.0. The number of amides is 1. The Morgan fingerprint density at radius 2 is 1.97 bits per heavy atom. The number of hydrogen-bond acceptors (Lipinski definition) is 8. The zero-order valence-corrected chi connectivity index (χ0v) is 19.9. The SMILES string of the molecule is CC(C)(C)OC(=O)N1CCCCCN1c1nc(OCC2(CO)CC2)nc2c(F)c(Cl)ncc12. The van der Waals surface area contributed by atoms with Crippen molar-refractivity contribution in [2.75, 3.05) is 31.3 Å². The van der Waals surface area contributed by atoms with Gasteiger partial charge in [0.2, 0.25) is 0 Å². The number of aromatic nitrogens is 3. The number of anilines is 1. The van der Waals surface area contributed by atoms with Gasteiger partial charge in [-0.3, -0.25) is 5.01 Å². The smallest absolute Gasteiger partial charge is 0.429 e. The Hall–Kier alpha value is -2.46. The van der Waals surface area contributed by atoms with E-state index in [1.807, 2.05) is 0 Å². The lowest BCUT2D eigenvalue weighted by molar-refractivity contribution is 0.0232. The first-order chi connectivity index (χ1) is 15.6. The maximum absolute atomic E-state index is 14.9. The Kier molecular flexibility index (Phi) is 6.50. The monoisotopic (exact) mass is 481 g/mol. The highest BCUT2D eigenvalue weighted by molar-refractivity contribution is 6.30. The summed E-state index contributed by atoms with van der Waals surface area (Å²) in [7, 11) is 0. The van der Waals surface area contributed by atoms with Crippen molar-refractivity contribution in [3.8, 4) is 6.01 Å². The van der Waals surface area contributed by atoms with Crippen LogP contribution in [0.1, 0.15) is 52.9 Å². The van der Waals surface area contributed by atoms with Gasteiger partial charge in [0.25, 0.3) is 0 Å². The van der Waals surface area contributed by atoms with Crippen LogP contribution >= 0.6 is 11.6 Å². The molecule has 1 aliphatic heterocycles. The molecule has 0 unspecified atom stereocenters. The van der Waals surface area contributed by atoms with Crippen LogP contribution in [-0.4, -0.2) is 63.1 Å². The zero-order chi connectivity index (χ0) is 23.8. The van der Waals surface area contributed by atoms with E-state index in [1.54, 1.807) is 25.8 Å². The molecule has 1 saturated carbocycles. The van der Waals surface area contributed by atoms with Gasteiger partial charge in [-0.15, -0.1) is 0 Å². The second-order valence-electron chi connectivity index (χ2n) is 9.69. The first kappa shape index (κ1) is 23.7. The van der Waals surface area contributed by atoms with E-state index in [1.165, 1.54) is 11.2 Å². The lowest BCUT2D eigenvalue weighted by atomic mass is 10.1. The molecule has 0 radical (unpaired) electrons. The average Bonchev–Trinajstić information content (AvgIpc) is 3.57. The van der Waals surface area contributed by atoms with Crippen LogP contribution in [0, 0.1) is 11.2 Å². The lowest BCUT2D eigenvalue weighted by Crippen LogP contribution is -2.49. The summed E-state index contributed by atoms with van der Waals surface area (Å²) in [5.74, 6) is -0.496. The summed E-state index contributed by atoms with van der Waals surface area (Å²) in [6.07, 6.45) is 5.07. The molecule has 0 bridgehead atoms. The predicted octanol–water partition coefficient (Wildman–Crippen LogP) is 4.11. The van der Waals surface area contributed by atoms with Crippen LogP contribution in [-0.2, 0) is 4.74 Å². The number of ether oxygens (including phenoxy) is 2. The number of aliphatic hydroxyl groups excluding tert-OH is 1. The van der Waals surface area contributed by atoms with Gasteiger partial charge in [-0.05, 0) is 52.9 Å². The molecule has 11 heteroatoms. The van der Waals surface area contributed by atoms with Crippen molar-refractivity contribution >= 4 is 34.4 Å². The molecule has 1 amide bonds. The van der Waals surface area contributed by atoms with E-state index in [0.717, 1.165) is 32.1 Å². The van der Waals surface area contributed by atoms with Crippen molar-refractivity contribution < 1.29 is 23.8 Å². The van der Waals surface area contributed by atoms with Gasteiger partial charge in [-0.25, -0.2) is 19.2 Å². The number of carbonyl (C=O) groups excluding carboxylic acids is 1. The number of rotatable bonds is 5. The second kappa shape index (κ2) is 9.06. The summed E-state index contributed by atoms with van der Waals surface area (Å²) in [4.78, 5) is 25.8. The molecule has 1 N–H and O–H groups in total. The van der Waals surface area contributed by atoms with Crippen LogP contribution in [0.25, 0.3) is 10.9 Å². The summed E-state index contributed by atoms with van der Waals surface area (Å²) >= 11 is 5.92. The van der Waals surface area contributed by atoms with Gasteiger partial charge in [0.15, 0.2) is 16.8 Å². The Bertz CT molecular complexity index is 1040. The minimum atomic E-state index is -0.787. The zero-order valence-electron chi connectivity index (χ0n) is 19.1. The maximum atomic E-state index is 14.9. The fourth-order valence-electron chi connectivity index (χ4n) is 3.67. The number of fused-ring (bicyclic) bond motifs is 1. The normalized spacial score (nSPS) is 18.2. The summed E-state index contributed by atoms with van der Waals surface area (Å²) in [5.41, 5.74) is -1.03. The molecule has 0 spiro atoms. The van der Waals surface area contributed by atoms with Crippen LogP contribution in [0.15, 0.2) is 6.20 Å². The topological polar surface area (TPSA) is 101 Å². The molecule has 1 aliphatic carbocycles. The highest BCUT2D eigenvalue weighted by Gasteiger charge is 2.43. The Labute approximate surface area is 196 Å². The van der Waals surface area contributed by atoms with E-state index in [9.17, 15) is 14.3 Å². The molecule has 0 aromatic carbocycles. The Balaban J connectivity index is 1.77. The molecule has 2 fully saturated rings. The van der Waals surface area contributed by atoms with Crippen molar-refractivity contribution in [2.24, 2.45) is 5.41 Å². The van der Waals surface area contributed by atoms with E-state index >= 15 is 0 Å². The largest absolute Gasteiger partial charge is 0.463 e. The number of halogens is 2. The van der Waals surface area contributed by atoms with Gasteiger partial charge in [-0.2, -0.15) is 9.97 Å². The molecular weight excluding hydrogens is 453 g/mol. The maximum Gasteiger partial charge on any atom is 0.429 e. The van der Waals surface area contributed by atoms with Crippen LogP contribution in [0.5, 0.6) is 6.01 Å². The van der Waals surface area contributed by atoms with Crippen LogP contribution < -0.4 is 9.75 Å². The first-order valence-corrected chi connectivity index (χ1v) is 11.5. The number of hydrazine groups is 1.